The molecule has 0 radical (unpaired) electrons. The average molecular weight is 420 g/mol. The van der Waals surface area contributed by atoms with Gasteiger partial charge in [-0.1, -0.05) is 12.1 Å². The smallest absolute Gasteiger partial charge is 0.265 e. The van der Waals surface area contributed by atoms with Crippen LogP contribution < -0.4 is 11.1 Å². The van der Waals surface area contributed by atoms with Crippen LogP contribution in [0, 0.1) is 12.8 Å². The van der Waals surface area contributed by atoms with Gasteiger partial charge >= 0.3 is 0 Å². The average Bonchev–Trinajstić information content (AvgIpc) is 3.40. The summed E-state index contributed by atoms with van der Waals surface area (Å²) in [5.41, 5.74) is 8.50. The Morgan fingerprint density at radius 3 is 2.63 bits per heavy atom. The molecule has 0 atom stereocenters. The second-order valence-corrected chi connectivity index (χ2v) is 8.63. The molecule has 3 N–H and O–H groups in total. The molecule has 2 heterocycles. The van der Waals surface area contributed by atoms with E-state index in [1.165, 1.54) is 17.5 Å². The van der Waals surface area contributed by atoms with Gasteiger partial charge in [-0.25, -0.2) is 0 Å². The topological polar surface area (TPSA) is 102 Å². The highest BCUT2D eigenvalue weighted by Crippen LogP contribution is 2.34. The molecule has 152 valence electrons. The quantitative estimate of drug-likeness (QED) is 0.552. The molecule has 0 bridgehead atoms. The Morgan fingerprint density at radius 2 is 1.90 bits per heavy atom. The Morgan fingerprint density at radius 1 is 1.10 bits per heavy atom. The maximum Gasteiger partial charge on any atom is 0.265 e. The van der Waals surface area contributed by atoms with Crippen molar-refractivity contribution in [2.24, 2.45) is 11.7 Å². The molecule has 7 heteroatoms. The molecule has 0 saturated heterocycles. The molecule has 3 aromatic rings. The SMILES string of the molecule is Cc1ccc(C(=O)CC2CC2)cc1NC(=O)c1ccc(-c2cncc(C(N)=O)c2)s1. The first-order valence-electron chi connectivity index (χ1n) is 9.71. The fourth-order valence-corrected chi connectivity index (χ4v) is 4.02. The largest absolute Gasteiger partial charge is 0.366 e. The molecule has 2 aromatic heterocycles. The normalized spacial score (nSPS) is 13.1. The molecule has 1 aromatic carbocycles. The Hall–Kier alpha value is -3.32. The van der Waals surface area contributed by atoms with E-state index in [1.807, 2.05) is 25.1 Å². The van der Waals surface area contributed by atoms with Crippen LogP contribution in [0.2, 0.25) is 0 Å². The number of hydrogen-bond acceptors (Lipinski definition) is 5. The number of Topliss-reactive ketones (excluding diaryl/α,β-unsaturated/α-hetero) is 1. The first-order valence-corrected chi connectivity index (χ1v) is 10.5. The molecule has 1 aliphatic carbocycles. The summed E-state index contributed by atoms with van der Waals surface area (Å²) in [6.07, 6.45) is 5.86. The lowest BCUT2D eigenvalue weighted by molar-refractivity contribution is 0.0972. The molecular formula is C23H21N3O3S. The summed E-state index contributed by atoms with van der Waals surface area (Å²) in [6.45, 7) is 1.89. The second kappa shape index (κ2) is 8.20. The van der Waals surface area contributed by atoms with Crippen LogP contribution in [0.1, 0.15) is 55.2 Å². The van der Waals surface area contributed by atoms with Gasteiger partial charge in [0, 0.05) is 40.5 Å². The number of amides is 2. The van der Waals surface area contributed by atoms with E-state index in [9.17, 15) is 14.4 Å². The summed E-state index contributed by atoms with van der Waals surface area (Å²) in [4.78, 5) is 41.9. The highest BCUT2D eigenvalue weighted by molar-refractivity contribution is 7.17. The lowest BCUT2D eigenvalue weighted by atomic mass is 10.0. The van der Waals surface area contributed by atoms with E-state index in [1.54, 1.807) is 24.4 Å². The molecule has 2 amide bonds. The van der Waals surface area contributed by atoms with E-state index >= 15 is 0 Å². The van der Waals surface area contributed by atoms with Crippen LogP contribution in [-0.2, 0) is 0 Å². The third-order valence-electron chi connectivity index (χ3n) is 5.12. The van der Waals surface area contributed by atoms with E-state index in [-0.39, 0.29) is 11.7 Å². The molecular weight excluding hydrogens is 398 g/mol. The van der Waals surface area contributed by atoms with Crippen LogP contribution in [0.25, 0.3) is 10.4 Å². The molecule has 30 heavy (non-hydrogen) atoms. The number of nitrogens with two attached hydrogens (primary N) is 1. The summed E-state index contributed by atoms with van der Waals surface area (Å²) in [5.74, 6) is -0.164. The number of nitrogens with one attached hydrogen (secondary N) is 1. The molecule has 0 aliphatic heterocycles. The first-order chi connectivity index (χ1) is 14.4. The van der Waals surface area contributed by atoms with E-state index < -0.39 is 5.91 Å². The number of aryl methyl sites for hydroxylation is 1. The van der Waals surface area contributed by atoms with Crippen molar-refractivity contribution in [2.75, 3.05) is 5.32 Å². The number of rotatable bonds is 7. The number of carbonyl (C=O) groups excluding carboxylic acids is 3. The summed E-state index contributed by atoms with van der Waals surface area (Å²) in [6, 6.07) is 10.6. The number of carbonyl (C=O) groups is 3. The maximum atomic E-state index is 12.8. The van der Waals surface area contributed by atoms with Crippen molar-refractivity contribution in [1.29, 1.82) is 0 Å². The van der Waals surface area contributed by atoms with Crippen LogP contribution in [0.3, 0.4) is 0 Å². The highest BCUT2D eigenvalue weighted by Gasteiger charge is 2.25. The number of benzene rings is 1. The summed E-state index contributed by atoms with van der Waals surface area (Å²) in [7, 11) is 0. The monoisotopic (exact) mass is 419 g/mol. The fourth-order valence-electron chi connectivity index (χ4n) is 3.14. The second-order valence-electron chi connectivity index (χ2n) is 7.54. The minimum absolute atomic E-state index is 0.119. The van der Waals surface area contributed by atoms with Crippen LogP contribution >= 0.6 is 11.3 Å². The van der Waals surface area contributed by atoms with E-state index in [0.717, 1.165) is 28.8 Å². The number of hydrogen-bond donors (Lipinski definition) is 2. The van der Waals surface area contributed by atoms with Crippen molar-refractivity contribution < 1.29 is 14.4 Å². The standard InChI is InChI=1S/C23H21N3O3S/c1-13-2-5-15(19(27)8-14-3-4-14)10-18(13)26-23(29)21-7-6-20(30-21)16-9-17(22(24)28)12-25-11-16/h2,5-7,9-12,14H,3-4,8H2,1H3,(H2,24,28)(H,26,29). The third-order valence-corrected chi connectivity index (χ3v) is 6.25. The van der Waals surface area contributed by atoms with E-state index in [4.69, 9.17) is 5.73 Å². The number of pyridine rings is 1. The van der Waals surface area contributed by atoms with Gasteiger partial charge in [0.1, 0.15) is 0 Å². The zero-order chi connectivity index (χ0) is 21.3. The minimum atomic E-state index is -0.550. The highest BCUT2D eigenvalue weighted by atomic mass is 32.1. The van der Waals surface area contributed by atoms with Crippen molar-refractivity contribution in [3.8, 4) is 10.4 Å². The Balaban J connectivity index is 1.51. The number of nitrogens with zero attached hydrogens (tertiary/aromatic N) is 1. The number of thiophene rings is 1. The number of ketones is 1. The van der Waals surface area contributed by atoms with Gasteiger partial charge in [-0.3, -0.25) is 19.4 Å². The van der Waals surface area contributed by atoms with E-state index in [0.29, 0.717) is 34.0 Å². The van der Waals surface area contributed by atoms with Gasteiger partial charge in [0.15, 0.2) is 5.78 Å². The van der Waals surface area contributed by atoms with Gasteiger partial charge in [0.25, 0.3) is 5.91 Å². The Labute approximate surface area is 178 Å². The number of anilines is 1. The summed E-state index contributed by atoms with van der Waals surface area (Å²) in [5, 5.41) is 2.91. The maximum absolute atomic E-state index is 12.8. The van der Waals surface area contributed by atoms with Crippen LogP contribution in [0.5, 0.6) is 0 Å². The predicted molar refractivity (Wildman–Crippen MR) is 117 cm³/mol. The van der Waals surface area contributed by atoms with Crippen molar-refractivity contribution >= 4 is 34.6 Å². The van der Waals surface area contributed by atoms with Crippen LogP contribution in [0.15, 0.2) is 48.8 Å². The zero-order valence-electron chi connectivity index (χ0n) is 16.5. The van der Waals surface area contributed by atoms with Crippen molar-refractivity contribution in [1.82, 2.24) is 4.98 Å². The third kappa shape index (κ3) is 4.46. The van der Waals surface area contributed by atoms with Crippen LogP contribution in [-0.4, -0.2) is 22.6 Å². The molecule has 6 nitrogen and oxygen atoms in total. The summed E-state index contributed by atoms with van der Waals surface area (Å²) >= 11 is 1.30. The van der Waals surface area contributed by atoms with Crippen molar-refractivity contribution in [3.63, 3.8) is 0 Å². The summed E-state index contributed by atoms with van der Waals surface area (Å²) < 4.78 is 0. The van der Waals surface area contributed by atoms with Gasteiger partial charge in [0.2, 0.25) is 5.91 Å². The van der Waals surface area contributed by atoms with Gasteiger partial charge < -0.3 is 11.1 Å². The molecule has 1 aliphatic rings. The van der Waals surface area contributed by atoms with Crippen molar-refractivity contribution in [2.45, 2.75) is 26.2 Å². The molecule has 1 saturated carbocycles. The number of primary amides is 1. The van der Waals surface area contributed by atoms with Crippen LogP contribution in [0.4, 0.5) is 5.69 Å². The first kappa shape index (κ1) is 20.0. The Bertz CT molecular complexity index is 1150. The lowest BCUT2D eigenvalue weighted by Crippen LogP contribution is -2.12. The van der Waals surface area contributed by atoms with Gasteiger partial charge in [-0.2, -0.15) is 0 Å². The lowest BCUT2D eigenvalue weighted by Gasteiger charge is -2.10. The molecule has 0 spiro atoms. The molecule has 0 unspecified atom stereocenters. The van der Waals surface area contributed by atoms with Crippen molar-refractivity contribution in [3.05, 3.63) is 70.4 Å². The van der Waals surface area contributed by atoms with E-state index in [2.05, 4.69) is 10.3 Å². The van der Waals surface area contributed by atoms with Gasteiger partial charge in [0.05, 0.1) is 10.4 Å². The molecule has 1 fully saturated rings. The number of aromatic nitrogens is 1. The Kier molecular flexibility index (Phi) is 5.46. The zero-order valence-corrected chi connectivity index (χ0v) is 17.3. The predicted octanol–water partition coefficient (Wildman–Crippen LogP) is 4.45. The minimum Gasteiger partial charge on any atom is -0.366 e. The van der Waals surface area contributed by atoms with Gasteiger partial charge in [-0.15, -0.1) is 11.3 Å². The fraction of sp³-hybridized carbons (Fsp3) is 0.217. The van der Waals surface area contributed by atoms with Gasteiger partial charge in [-0.05, 0) is 55.5 Å². The molecule has 4 rings (SSSR count).